The fraction of sp³-hybridized carbons (Fsp3) is 0.0741. The lowest BCUT2D eigenvalue weighted by molar-refractivity contribution is 0.0920. The highest BCUT2D eigenvalue weighted by Crippen LogP contribution is 2.37. The third-order valence-electron chi connectivity index (χ3n) is 5.03. The molecule has 4 aromatic rings. The van der Waals surface area contributed by atoms with Gasteiger partial charge in [0.2, 0.25) is 5.78 Å². The average molecular weight is 457 g/mol. The van der Waals surface area contributed by atoms with Crippen molar-refractivity contribution in [3.8, 4) is 5.75 Å². The Morgan fingerprint density at radius 3 is 1.87 bits per heavy atom. The Morgan fingerprint density at radius 1 is 0.700 bits per heavy atom. The topological polar surface area (TPSA) is 26.3 Å². The standard InChI is InChI=1S/C27H21BrO2/c28-24-17-9-7-15-22(24)25(29)19-30-26-18-10-8-16-23(26)27(20-11-3-1-4-12-20)21-13-5-2-6-14-21/h1-18,27H,19H2. The Bertz CT molecular complexity index is 1080. The summed E-state index contributed by atoms with van der Waals surface area (Å²) in [5, 5.41) is 0. The van der Waals surface area contributed by atoms with Crippen LogP contribution < -0.4 is 4.74 Å². The molecule has 0 amide bonds. The molecule has 0 fully saturated rings. The number of ether oxygens (including phenoxy) is 1. The maximum Gasteiger partial charge on any atom is 0.201 e. The molecule has 148 valence electrons. The summed E-state index contributed by atoms with van der Waals surface area (Å²) in [5.41, 5.74) is 4.02. The number of rotatable bonds is 7. The van der Waals surface area contributed by atoms with Crippen molar-refractivity contribution in [3.63, 3.8) is 0 Å². The molecule has 0 bridgehead atoms. The van der Waals surface area contributed by atoms with Gasteiger partial charge in [-0.15, -0.1) is 0 Å². The van der Waals surface area contributed by atoms with E-state index in [1.54, 1.807) is 6.07 Å². The molecule has 0 saturated carbocycles. The number of hydrogen-bond donors (Lipinski definition) is 0. The first-order valence-corrected chi connectivity index (χ1v) is 10.6. The molecule has 4 aromatic carbocycles. The quantitative estimate of drug-likeness (QED) is 0.223. The molecule has 0 aliphatic heterocycles. The molecular formula is C27H21BrO2. The second kappa shape index (κ2) is 9.55. The normalized spacial score (nSPS) is 10.7. The maximum absolute atomic E-state index is 12.7. The molecule has 0 N–H and O–H groups in total. The van der Waals surface area contributed by atoms with Crippen LogP contribution in [0.2, 0.25) is 0 Å². The molecule has 4 rings (SSSR count). The molecular weight excluding hydrogens is 436 g/mol. The second-order valence-electron chi connectivity index (χ2n) is 6.98. The molecule has 0 saturated heterocycles. The number of hydrogen-bond acceptors (Lipinski definition) is 2. The van der Waals surface area contributed by atoms with E-state index in [0.29, 0.717) is 5.56 Å². The average Bonchev–Trinajstić information content (AvgIpc) is 2.80. The van der Waals surface area contributed by atoms with E-state index in [1.807, 2.05) is 72.8 Å². The summed E-state index contributed by atoms with van der Waals surface area (Å²) < 4.78 is 6.84. The highest BCUT2D eigenvalue weighted by atomic mass is 79.9. The number of Topliss-reactive ketones (excluding diaryl/α,β-unsaturated/α-hetero) is 1. The van der Waals surface area contributed by atoms with Crippen molar-refractivity contribution in [1.29, 1.82) is 0 Å². The smallest absolute Gasteiger partial charge is 0.201 e. The van der Waals surface area contributed by atoms with Crippen LogP contribution in [-0.4, -0.2) is 12.4 Å². The second-order valence-corrected chi connectivity index (χ2v) is 7.84. The van der Waals surface area contributed by atoms with Crippen molar-refractivity contribution < 1.29 is 9.53 Å². The van der Waals surface area contributed by atoms with Crippen LogP contribution in [0.1, 0.15) is 33.0 Å². The van der Waals surface area contributed by atoms with Gasteiger partial charge in [-0.3, -0.25) is 4.79 Å². The van der Waals surface area contributed by atoms with Crippen molar-refractivity contribution in [2.75, 3.05) is 6.61 Å². The summed E-state index contributed by atoms with van der Waals surface area (Å²) in [4.78, 5) is 12.7. The number of benzene rings is 4. The minimum Gasteiger partial charge on any atom is -0.485 e. The summed E-state index contributed by atoms with van der Waals surface area (Å²) >= 11 is 3.45. The van der Waals surface area contributed by atoms with Gasteiger partial charge in [-0.25, -0.2) is 0 Å². The van der Waals surface area contributed by atoms with Crippen LogP contribution in [0, 0.1) is 0 Å². The Morgan fingerprint density at radius 2 is 1.23 bits per heavy atom. The van der Waals surface area contributed by atoms with E-state index in [2.05, 4.69) is 46.3 Å². The maximum atomic E-state index is 12.7. The van der Waals surface area contributed by atoms with Crippen LogP contribution in [0.3, 0.4) is 0 Å². The first kappa shape index (κ1) is 20.1. The Kier molecular flexibility index (Phi) is 6.41. The zero-order valence-electron chi connectivity index (χ0n) is 16.4. The number of halogens is 1. The monoisotopic (exact) mass is 456 g/mol. The third-order valence-corrected chi connectivity index (χ3v) is 5.72. The number of carbonyl (C=O) groups is 1. The first-order chi connectivity index (χ1) is 14.7. The summed E-state index contributed by atoms with van der Waals surface area (Å²) in [7, 11) is 0. The van der Waals surface area contributed by atoms with E-state index in [-0.39, 0.29) is 18.3 Å². The van der Waals surface area contributed by atoms with Crippen LogP contribution in [0.25, 0.3) is 0 Å². The molecule has 0 atom stereocenters. The van der Waals surface area contributed by atoms with Gasteiger partial charge in [0, 0.05) is 21.5 Å². The third kappa shape index (κ3) is 4.52. The molecule has 3 heteroatoms. The van der Waals surface area contributed by atoms with Crippen molar-refractivity contribution in [2.45, 2.75) is 5.92 Å². The van der Waals surface area contributed by atoms with Crippen LogP contribution in [0.4, 0.5) is 0 Å². The SMILES string of the molecule is O=C(COc1ccccc1C(c1ccccc1)c1ccccc1)c1ccccc1Br. The van der Waals surface area contributed by atoms with Gasteiger partial charge >= 0.3 is 0 Å². The van der Waals surface area contributed by atoms with Gasteiger partial charge in [-0.2, -0.15) is 0 Å². The van der Waals surface area contributed by atoms with Gasteiger partial charge in [-0.1, -0.05) is 113 Å². The summed E-state index contributed by atoms with van der Waals surface area (Å²) in [6.45, 7) is -0.0179. The van der Waals surface area contributed by atoms with Crippen molar-refractivity contribution >= 4 is 21.7 Å². The molecule has 0 unspecified atom stereocenters. The van der Waals surface area contributed by atoms with E-state index >= 15 is 0 Å². The van der Waals surface area contributed by atoms with Crippen molar-refractivity contribution in [1.82, 2.24) is 0 Å². The van der Waals surface area contributed by atoms with Crippen LogP contribution in [-0.2, 0) is 0 Å². The van der Waals surface area contributed by atoms with E-state index in [1.165, 1.54) is 11.1 Å². The fourth-order valence-electron chi connectivity index (χ4n) is 3.60. The molecule has 0 aliphatic rings. The Balaban J connectivity index is 1.67. The highest BCUT2D eigenvalue weighted by molar-refractivity contribution is 9.10. The van der Waals surface area contributed by atoms with E-state index < -0.39 is 0 Å². The van der Waals surface area contributed by atoms with Gasteiger partial charge in [0.15, 0.2) is 6.61 Å². The number of para-hydroxylation sites is 1. The van der Waals surface area contributed by atoms with Crippen LogP contribution >= 0.6 is 15.9 Å². The van der Waals surface area contributed by atoms with Gasteiger partial charge in [0.25, 0.3) is 0 Å². The predicted molar refractivity (Wildman–Crippen MR) is 124 cm³/mol. The highest BCUT2D eigenvalue weighted by Gasteiger charge is 2.21. The van der Waals surface area contributed by atoms with Crippen LogP contribution in [0.5, 0.6) is 5.75 Å². The fourth-order valence-corrected chi connectivity index (χ4v) is 4.11. The largest absolute Gasteiger partial charge is 0.485 e. The number of ketones is 1. The Hall–Kier alpha value is -3.17. The first-order valence-electron chi connectivity index (χ1n) is 9.83. The summed E-state index contributed by atoms with van der Waals surface area (Å²) in [6, 6.07) is 36.1. The lowest BCUT2D eigenvalue weighted by atomic mass is 9.85. The van der Waals surface area contributed by atoms with Crippen LogP contribution in [0.15, 0.2) is 114 Å². The van der Waals surface area contributed by atoms with E-state index in [4.69, 9.17) is 4.74 Å². The van der Waals surface area contributed by atoms with E-state index in [9.17, 15) is 4.79 Å². The molecule has 0 radical (unpaired) electrons. The lowest BCUT2D eigenvalue weighted by Gasteiger charge is -2.22. The minimum absolute atomic E-state index is 0.0159. The molecule has 0 aromatic heterocycles. The molecule has 0 aliphatic carbocycles. The van der Waals surface area contributed by atoms with Gasteiger partial charge in [0.1, 0.15) is 5.75 Å². The summed E-state index contributed by atoms with van der Waals surface area (Å²) in [5.74, 6) is 0.672. The Labute approximate surface area is 185 Å². The van der Waals surface area contributed by atoms with Gasteiger partial charge < -0.3 is 4.74 Å². The number of carbonyl (C=O) groups excluding carboxylic acids is 1. The summed E-state index contributed by atoms with van der Waals surface area (Å²) in [6.07, 6.45) is 0. The van der Waals surface area contributed by atoms with Crippen molar-refractivity contribution in [2.24, 2.45) is 0 Å². The van der Waals surface area contributed by atoms with Gasteiger partial charge in [-0.05, 0) is 23.3 Å². The van der Waals surface area contributed by atoms with E-state index in [0.717, 1.165) is 15.8 Å². The zero-order chi connectivity index (χ0) is 20.8. The zero-order valence-corrected chi connectivity index (χ0v) is 18.0. The molecule has 2 nitrogen and oxygen atoms in total. The molecule has 30 heavy (non-hydrogen) atoms. The predicted octanol–water partition coefficient (Wildman–Crippen LogP) is 6.89. The van der Waals surface area contributed by atoms with Crippen molar-refractivity contribution in [3.05, 3.63) is 136 Å². The molecule has 0 heterocycles. The minimum atomic E-state index is -0.0618. The lowest BCUT2D eigenvalue weighted by Crippen LogP contribution is -2.14. The molecule has 0 spiro atoms. The van der Waals surface area contributed by atoms with Gasteiger partial charge in [0.05, 0.1) is 0 Å².